The maximum atomic E-state index is 5.72. The van der Waals surface area contributed by atoms with E-state index in [1.807, 2.05) is 18.4 Å². The van der Waals surface area contributed by atoms with E-state index in [9.17, 15) is 0 Å². The van der Waals surface area contributed by atoms with Crippen molar-refractivity contribution in [2.75, 3.05) is 12.0 Å². The molecule has 0 amide bonds. The fourth-order valence-corrected chi connectivity index (χ4v) is 2.84. The number of hydrogen-bond acceptors (Lipinski definition) is 6. The van der Waals surface area contributed by atoms with Crippen LogP contribution in [-0.2, 0) is 0 Å². The number of halogens is 1. The van der Waals surface area contributed by atoms with E-state index in [4.69, 9.17) is 5.73 Å². The van der Waals surface area contributed by atoms with Gasteiger partial charge in [-0.3, -0.25) is 0 Å². The molecule has 0 radical (unpaired) electrons. The summed E-state index contributed by atoms with van der Waals surface area (Å²) in [5, 5.41) is 2.32. The zero-order chi connectivity index (χ0) is 12.3. The van der Waals surface area contributed by atoms with Crippen LogP contribution in [0.15, 0.2) is 44.1 Å². The summed E-state index contributed by atoms with van der Waals surface area (Å²) in [4.78, 5) is 12.7. The molecule has 0 bridgehead atoms. The van der Waals surface area contributed by atoms with Crippen molar-refractivity contribution in [3.05, 3.63) is 28.9 Å². The lowest BCUT2D eigenvalue weighted by Crippen LogP contribution is -1.96. The first-order valence-electron chi connectivity index (χ1n) is 4.66. The quantitative estimate of drug-likeness (QED) is 0.530. The molecule has 0 saturated carbocycles. The fourth-order valence-electron chi connectivity index (χ4n) is 1.11. The summed E-state index contributed by atoms with van der Waals surface area (Å²) in [7, 11) is 0. The molecule has 17 heavy (non-hydrogen) atoms. The van der Waals surface area contributed by atoms with Gasteiger partial charge < -0.3 is 5.73 Å². The molecule has 0 atom stereocenters. The van der Waals surface area contributed by atoms with Crippen molar-refractivity contribution >= 4 is 45.3 Å². The summed E-state index contributed by atoms with van der Waals surface area (Å²) < 4.78 is 0.938. The van der Waals surface area contributed by atoms with Crippen molar-refractivity contribution in [1.29, 1.82) is 0 Å². The summed E-state index contributed by atoms with van der Waals surface area (Å²) in [6.45, 7) is 0. The number of aromatic nitrogens is 3. The van der Waals surface area contributed by atoms with E-state index in [2.05, 4.69) is 30.9 Å². The summed E-state index contributed by atoms with van der Waals surface area (Å²) in [5.74, 6) is 0.471. The van der Waals surface area contributed by atoms with Crippen molar-refractivity contribution in [2.24, 2.45) is 0 Å². The van der Waals surface area contributed by atoms with Gasteiger partial charge in [-0.05, 0) is 46.1 Å². The summed E-state index contributed by atoms with van der Waals surface area (Å²) >= 11 is 6.36. The molecule has 2 heterocycles. The molecule has 0 fully saturated rings. The van der Waals surface area contributed by atoms with Gasteiger partial charge in [0.1, 0.15) is 15.9 Å². The van der Waals surface area contributed by atoms with E-state index in [1.54, 1.807) is 12.3 Å². The third kappa shape index (κ3) is 3.34. The summed E-state index contributed by atoms with van der Waals surface area (Å²) in [5.41, 5.74) is 5.72. The Bertz CT molecular complexity index is 535. The minimum Gasteiger partial charge on any atom is -0.384 e. The number of nitrogens with two attached hydrogens (primary N) is 1. The second-order valence-corrected chi connectivity index (χ2v) is 5.65. The Balaban J connectivity index is 2.30. The monoisotopic (exact) mass is 328 g/mol. The van der Waals surface area contributed by atoms with Gasteiger partial charge in [0.25, 0.3) is 0 Å². The zero-order valence-corrected chi connectivity index (χ0v) is 12.1. The molecule has 0 aliphatic rings. The lowest BCUT2D eigenvalue weighted by Gasteiger charge is -2.04. The van der Waals surface area contributed by atoms with Gasteiger partial charge in [-0.2, -0.15) is 0 Å². The molecule has 2 aromatic heterocycles. The zero-order valence-electron chi connectivity index (χ0n) is 8.92. The molecule has 2 N–H and O–H groups in total. The molecule has 0 unspecified atom stereocenters. The molecule has 0 spiro atoms. The van der Waals surface area contributed by atoms with Gasteiger partial charge in [-0.15, -0.1) is 0 Å². The number of pyridine rings is 1. The van der Waals surface area contributed by atoms with Crippen LogP contribution in [0.5, 0.6) is 0 Å². The lowest BCUT2D eigenvalue weighted by molar-refractivity contribution is 0.899. The number of nitrogen functional groups attached to an aromatic ring is 1. The van der Waals surface area contributed by atoms with Crippen molar-refractivity contribution in [1.82, 2.24) is 15.0 Å². The largest absolute Gasteiger partial charge is 0.384 e. The Labute approximate surface area is 116 Å². The van der Waals surface area contributed by atoms with Crippen molar-refractivity contribution in [3.63, 3.8) is 0 Å². The third-order valence-corrected chi connectivity index (χ3v) is 4.20. The van der Waals surface area contributed by atoms with E-state index >= 15 is 0 Å². The van der Waals surface area contributed by atoms with Crippen molar-refractivity contribution < 1.29 is 0 Å². The topological polar surface area (TPSA) is 64.7 Å². The van der Waals surface area contributed by atoms with Crippen LogP contribution < -0.4 is 5.73 Å². The number of hydrogen-bond donors (Lipinski definition) is 1. The molecule has 2 aromatic rings. The average Bonchev–Trinajstić information content (AvgIpc) is 2.31. The van der Waals surface area contributed by atoms with Gasteiger partial charge in [0.2, 0.25) is 0 Å². The molecule has 4 nitrogen and oxygen atoms in total. The first kappa shape index (κ1) is 12.7. The second kappa shape index (κ2) is 5.70. The minimum atomic E-state index is 0.471. The second-order valence-electron chi connectivity index (χ2n) is 3.01. The van der Waals surface area contributed by atoms with Crippen LogP contribution in [0.1, 0.15) is 0 Å². The van der Waals surface area contributed by atoms with E-state index in [-0.39, 0.29) is 0 Å². The van der Waals surface area contributed by atoms with Gasteiger partial charge >= 0.3 is 0 Å². The number of rotatable bonds is 3. The van der Waals surface area contributed by atoms with Gasteiger partial charge in [-0.25, -0.2) is 15.0 Å². The van der Waals surface area contributed by atoms with Gasteiger partial charge in [0.15, 0.2) is 5.16 Å². The Morgan fingerprint density at radius 3 is 2.88 bits per heavy atom. The molecule has 0 saturated heterocycles. The SMILES string of the molecule is CSc1nc(N)cc(Sc2ncccc2Br)n1. The minimum absolute atomic E-state index is 0.471. The van der Waals surface area contributed by atoms with Crippen LogP contribution in [0.25, 0.3) is 0 Å². The number of nitrogens with zero attached hydrogens (tertiary/aromatic N) is 3. The summed E-state index contributed by atoms with van der Waals surface area (Å²) in [6.07, 6.45) is 3.66. The van der Waals surface area contributed by atoms with Crippen LogP contribution in [0.3, 0.4) is 0 Å². The van der Waals surface area contributed by atoms with E-state index in [1.165, 1.54) is 23.5 Å². The van der Waals surface area contributed by atoms with E-state index in [0.29, 0.717) is 11.0 Å². The van der Waals surface area contributed by atoms with Crippen molar-refractivity contribution in [3.8, 4) is 0 Å². The number of anilines is 1. The molecule has 2 rings (SSSR count). The Kier molecular flexibility index (Phi) is 4.25. The van der Waals surface area contributed by atoms with Crippen LogP contribution >= 0.6 is 39.5 Å². The molecule has 7 heteroatoms. The smallest absolute Gasteiger partial charge is 0.190 e. The Morgan fingerprint density at radius 2 is 2.18 bits per heavy atom. The van der Waals surface area contributed by atoms with Crippen LogP contribution in [0.4, 0.5) is 5.82 Å². The first-order valence-corrected chi connectivity index (χ1v) is 7.49. The van der Waals surface area contributed by atoms with Gasteiger partial charge in [0.05, 0.1) is 4.47 Å². The lowest BCUT2D eigenvalue weighted by atomic mass is 10.5. The first-order chi connectivity index (χ1) is 8.19. The van der Waals surface area contributed by atoms with Crippen molar-refractivity contribution in [2.45, 2.75) is 15.2 Å². The van der Waals surface area contributed by atoms with Crippen LogP contribution in [0.2, 0.25) is 0 Å². The maximum absolute atomic E-state index is 5.72. The highest BCUT2D eigenvalue weighted by Gasteiger charge is 2.07. The standard InChI is InChI=1S/C10H9BrN4S2/c1-16-10-14-7(12)5-8(15-10)17-9-6(11)3-2-4-13-9/h2-5H,1H3,(H2,12,14,15). The van der Waals surface area contributed by atoms with Gasteiger partial charge in [0, 0.05) is 12.3 Å². The average molecular weight is 329 g/mol. The predicted octanol–water partition coefficient (Wildman–Crippen LogP) is 3.09. The molecule has 88 valence electrons. The van der Waals surface area contributed by atoms with Crippen LogP contribution in [0, 0.1) is 0 Å². The molecule has 0 aromatic carbocycles. The molecular weight excluding hydrogens is 320 g/mol. The summed E-state index contributed by atoms with van der Waals surface area (Å²) in [6, 6.07) is 5.55. The number of thioether (sulfide) groups is 1. The normalized spacial score (nSPS) is 10.5. The van der Waals surface area contributed by atoms with E-state index < -0.39 is 0 Å². The highest BCUT2D eigenvalue weighted by molar-refractivity contribution is 9.10. The molecule has 0 aliphatic heterocycles. The highest BCUT2D eigenvalue weighted by Crippen LogP contribution is 2.31. The fraction of sp³-hybridized carbons (Fsp3) is 0.100. The molecule has 0 aliphatic carbocycles. The maximum Gasteiger partial charge on any atom is 0.190 e. The predicted molar refractivity (Wildman–Crippen MR) is 74.3 cm³/mol. The van der Waals surface area contributed by atoms with E-state index in [0.717, 1.165) is 14.5 Å². The van der Waals surface area contributed by atoms with Gasteiger partial charge in [-0.1, -0.05) is 11.8 Å². The molecular formula is C10H9BrN4S2. The highest BCUT2D eigenvalue weighted by atomic mass is 79.9. The Hall–Kier alpha value is -0.790. The Morgan fingerprint density at radius 1 is 1.35 bits per heavy atom. The van der Waals surface area contributed by atoms with Crippen LogP contribution in [-0.4, -0.2) is 21.2 Å². The third-order valence-electron chi connectivity index (χ3n) is 1.81.